The van der Waals surface area contributed by atoms with E-state index in [-0.39, 0.29) is 24.6 Å². The molecule has 2 bridgehead atoms. The largest absolute Gasteiger partial charge is 0.376 e. The van der Waals surface area contributed by atoms with Gasteiger partial charge in [-0.1, -0.05) is 12.2 Å². The Morgan fingerprint density at radius 2 is 2.27 bits per heavy atom. The van der Waals surface area contributed by atoms with Crippen LogP contribution in [0.15, 0.2) is 12.2 Å². The summed E-state index contributed by atoms with van der Waals surface area (Å²) >= 11 is 0. The second-order valence-corrected chi connectivity index (χ2v) is 4.19. The minimum atomic E-state index is -0.204. The first-order valence-corrected chi connectivity index (χ1v) is 5.26. The normalized spacial score (nSPS) is 39.3. The van der Waals surface area contributed by atoms with Crippen molar-refractivity contribution < 1.29 is 18.9 Å². The van der Waals surface area contributed by atoms with Crippen LogP contribution in [0, 0.1) is 0 Å². The molecule has 0 aliphatic carbocycles. The van der Waals surface area contributed by atoms with E-state index in [1.165, 1.54) is 0 Å². The quantitative estimate of drug-likeness (QED) is 0.657. The third-order valence-corrected chi connectivity index (χ3v) is 2.76. The Labute approximate surface area is 90.1 Å². The molecule has 0 radical (unpaired) electrons. The van der Waals surface area contributed by atoms with E-state index in [1.54, 1.807) is 7.11 Å². The first kappa shape index (κ1) is 11.1. The Morgan fingerprint density at radius 3 is 2.93 bits per heavy atom. The van der Waals surface area contributed by atoms with E-state index < -0.39 is 0 Å². The van der Waals surface area contributed by atoms with Crippen molar-refractivity contribution in [2.45, 2.75) is 37.9 Å². The molecule has 2 aliphatic rings. The molecule has 0 aromatic carbocycles. The van der Waals surface area contributed by atoms with Gasteiger partial charge in [0.25, 0.3) is 0 Å². The fourth-order valence-electron chi connectivity index (χ4n) is 1.95. The maximum Gasteiger partial charge on any atom is 0.184 e. The summed E-state index contributed by atoms with van der Waals surface area (Å²) in [6.07, 6.45) is 0.730. The lowest BCUT2D eigenvalue weighted by Crippen LogP contribution is -2.44. The molecule has 0 amide bonds. The molecule has 2 rings (SSSR count). The Balaban J connectivity index is 1.91. The molecule has 86 valence electrons. The summed E-state index contributed by atoms with van der Waals surface area (Å²) in [4.78, 5) is 0. The molecule has 1 unspecified atom stereocenters. The van der Waals surface area contributed by atoms with Gasteiger partial charge in [-0.15, -0.1) is 0 Å². The van der Waals surface area contributed by atoms with Crippen LogP contribution < -0.4 is 0 Å². The van der Waals surface area contributed by atoms with Crippen molar-refractivity contribution >= 4 is 0 Å². The van der Waals surface area contributed by atoms with Crippen LogP contribution in [0.5, 0.6) is 0 Å². The molecule has 4 atom stereocenters. The molecule has 15 heavy (non-hydrogen) atoms. The third-order valence-electron chi connectivity index (χ3n) is 2.76. The van der Waals surface area contributed by atoms with E-state index in [1.807, 2.05) is 6.92 Å². The Kier molecular flexibility index (Phi) is 3.41. The van der Waals surface area contributed by atoms with Crippen LogP contribution in [0.2, 0.25) is 0 Å². The van der Waals surface area contributed by atoms with Gasteiger partial charge in [-0.25, -0.2) is 0 Å². The van der Waals surface area contributed by atoms with Gasteiger partial charge in [0.2, 0.25) is 0 Å². The van der Waals surface area contributed by atoms with Gasteiger partial charge in [0.05, 0.1) is 19.3 Å². The monoisotopic (exact) mass is 214 g/mol. The lowest BCUT2D eigenvalue weighted by Gasteiger charge is -2.32. The van der Waals surface area contributed by atoms with E-state index in [9.17, 15) is 0 Å². The van der Waals surface area contributed by atoms with E-state index in [0.717, 1.165) is 12.0 Å². The van der Waals surface area contributed by atoms with E-state index in [4.69, 9.17) is 18.9 Å². The molecule has 4 heteroatoms. The third kappa shape index (κ3) is 2.39. The molecule has 0 spiro atoms. The van der Waals surface area contributed by atoms with Gasteiger partial charge in [0.15, 0.2) is 6.29 Å². The van der Waals surface area contributed by atoms with Crippen LogP contribution in [-0.2, 0) is 18.9 Å². The zero-order chi connectivity index (χ0) is 10.8. The number of hydrogen-bond donors (Lipinski definition) is 0. The van der Waals surface area contributed by atoms with Crippen molar-refractivity contribution in [3.63, 3.8) is 0 Å². The van der Waals surface area contributed by atoms with Crippen molar-refractivity contribution in [2.75, 3.05) is 20.3 Å². The number of rotatable bonds is 4. The van der Waals surface area contributed by atoms with Gasteiger partial charge in [-0.05, 0) is 6.92 Å². The van der Waals surface area contributed by atoms with Gasteiger partial charge in [-0.3, -0.25) is 0 Å². The van der Waals surface area contributed by atoms with E-state index in [2.05, 4.69) is 6.58 Å². The molecular formula is C11H18O4. The fourth-order valence-corrected chi connectivity index (χ4v) is 1.95. The maximum absolute atomic E-state index is 5.72. The molecule has 0 aromatic rings. The first-order chi connectivity index (χ1) is 7.20. The van der Waals surface area contributed by atoms with Gasteiger partial charge in [-0.2, -0.15) is 0 Å². The highest BCUT2D eigenvalue weighted by molar-refractivity contribution is 4.91. The SMILES string of the molecule is C=C(C)CO[C@H]1C[C@@H](OC)C2OC[C@H]1O2. The smallest absolute Gasteiger partial charge is 0.184 e. The lowest BCUT2D eigenvalue weighted by molar-refractivity contribution is -0.197. The average molecular weight is 214 g/mol. The van der Waals surface area contributed by atoms with Gasteiger partial charge >= 0.3 is 0 Å². The van der Waals surface area contributed by atoms with Crippen LogP contribution in [0.3, 0.4) is 0 Å². The van der Waals surface area contributed by atoms with Crippen LogP contribution in [0.1, 0.15) is 13.3 Å². The summed E-state index contributed by atoms with van der Waals surface area (Å²) in [5.41, 5.74) is 1.02. The summed E-state index contributed by atoms with van der Waals surface area (Å²) in [5.74, 6) is 0. The predicted octanol–water partition coefficient (Wildman–Crippen LogP) is 1.11. The van der Waals surface area contributed by atoms with E-state index in [0.29, 0.717) is 13.2 Å². The molecule has 2 aliphatic heterocycles. The molecule has 4 nitrogen and oxygen atoms in total. The Hall–Kier alpha value is -0.420. The summed E-state index contributed by atoms with van der Waals surface area (Å²) in [6.45, 7) is 6.94. The van der Waals surface area contributed by atoms with E-state index >= 15 is 0 Å². The minimum absolute atomic E-state index is 0.0149. The number of hydrogen-bond acceptors (Lipinski definition) is 4. The second-order valence-electron chi connectivity index (χ2n) is 4.19. The lowest BCUT2D eigenvalue weighted by atomic mass is 10.0. The maximum atomic E-state index is 5.72. The Bertz CT molecular complexity index is 241. The van der Waals surface area contributed by atoms with Crippen LogP contribution in [-0.4, -0.2) is 44.9 Å². The standard InChI is InChI=1S/C11H18O4/c1-7(2)5-13-8-4-9(12-3)11-14-6-10(8)15-11/h8-11H,1,4-6H2,2-3H3/t8-,9+,10+,11?/m0/s1. The van der Waals surface area contributed by atoms with Crippen LogP contribution >= 0.6 is 0 Å². The summed E-state index contributed by atoms with van der Waals surface area (Å²) in [5, 5.41) is 0. The summed E-state index contributed by atoms with van der Waals surface area (Å²) < 4.78 is 22.1. The van der Waals surface area contributed by atoms with Gasteiger partial charge < -0.3 is 18.9 Å². The minimum Gasteiger partial charge on any atom is -0.376 e. The molecule has 2 heterocycles. The number of methoxy groups -OCH3 is 1. The molecule has 2 fully saturated rings. The summed E-state index contributed by atoms with van der Waals surface area (Å²) in [7, 11) is 1.67. The Morgan fingerprint density at radius 1 is 1.47 bits per heavy atom. The highest BCUT2D eigenvalue weighted by atomic mass is 16.7. The molecule has 0 aromatic heterocycles. The van der Waals surface area contributed by atoms with Crippen molar-refractivity contribution in [2.24, 2.45) is 0 Å². The number of fused-ring (bicyclic) bond motifs is 2. The van der Waals surface area contributed by atoms with Gasteiger partial charge in [0.1, 0.15) is 12.2 Å². The fraction of sp³-hybridized carbons (Fsp3) is 0.818. The molecule has 0 saturated carbocycles. The van der Waals surface area contributed by atoms with Crippen molar-refractivity contribution in [3.05, 3.63) is 12.2 Å². The zero-order valence-electron chi connectivity index (χ0n) is 9.27. The predicted molar refractivity (Wildman–Crippen MR) is 54.6 cm³/mol. The highest BCUT2D eigenvalue weighted by Crippen LogP contribution is 2.31. The van der Waals surface area contributed by atoms with Crippen molar-refractivity contribution in [1.29, 1.82) is 0 Å². The van der Waals surface area contributed by atoms with Crippen molar-refractivity contribution in [3.8, 4) is 0 Å². The molecule has 2 saturated heterocycles. The van der Waals surface area contributed by atoms with Crippen molar-refractivity contribution in [1.82, 2.24) is 0 Å². The first-order valence-electron chi connectivity index (χ1n) is 5.26. The van der Waals surface area contributed by atoms with Crippen LogP contribution in [0.4, 0.5) is 0 Å². The summed E-state index contributed by atoms with van der Waals surface area (Å²) in [6, 6.07) is 0. The zero-order valence-corrected chi connectivity index (χ0v) is 9.27. The topological polar surface area (TPSA) is 36.9 Å². The number of ether oxygens (including phenoxy) is 4. The molecular weight excluding hydrogens is 196 g/mol. The van der Waals surface area contributed by atoms with Gasteiger partial charge in [0, 0.05) is 13.5 Å². The average Bonchev–Trinajstić information content (AvgIpc) is 2.62. The van der Waals surface area contributed by atoms with Crippen LogP contribution in [0.25, 0.3) is 0 Å². The highest BCUT2D eigenvalue weighted by Gasteiger charge is 2.44. The second kappa shape index (κ2) is 4.61. The molecule has 0 N–H and O–H groups in total.